The third kappa shape index (κ3) is 5.64. The first-order valence-corrected chi connectivity index (χ1v) is 6.40. The molecule has 17 heavy (non-hydrogen) atoms. The number of amides is 1. The first kappa shape index (κ1) is 16.6. The average Bonchev–Trinajstić information content (AvgIpc) is 2.22. The minimum Gasteiger partial charge on any atom is -0.324 e. The molecule has 0 saturated carbocycles. The zero-order valence-electron chi connectivity index (χ0n) is 9.75. The quantitative estimate of drug-likeness (QED) is 0.820. The molecule has 0 atom stereocenters. The van der Waals surface area contributed by atoms with Crippen LogP contribution in [-0.4, -0.2) is 25.3 Å². The molecule has 0 fully saturated rings. The molecule has 1 aromatic carbocycles. The van der Waals surface area contributed by atoms with Gasteiger partial charge in [0.15, 0.2) is 0 Å². The van der Waals surface area contributed by atoms with Crippen molar-refractivity contribution in [3.05, 3.63) is 23.2 Å². The maximum atomic E-state index is 11.5. The summed E-state index contributed by atoms with van der Waals surface area (Å²) in [6.45, 7) is 2.36. The van der Waals surface area contributed by atoms with E-state index in [2.05, 4.69) is 17.6 Å². The molecule has 0 radical (unpaired) electrons. The van der Waals surface area contributed by atoms with Crippen LogP contribution in [-0.2, 0) is 4.79 Å². The van der Waals surface area contributed by atoms with Crippen molar-refractivity contribution in [1.82, 2.24) is 5.32 Å². The van der Waals surface area contributed by atoms with Gasteiger partial charge < -0.3 is 10.6 Å². The summed E-state index contributed by atoms with van der Waals surface area (Å²) < 4.78 is 0. The number of anilines is 1. The second kappa shape index (κ2) is 8.64. The first-order valence-electron chi connectivity index (χ1n) is 5.04. The van der Waals surface area contributed by atoms with Crippen molar-refractivity contribution in [3.8, 4) is 0 Å². The third-order valence-corrected chi connectivity index (χ3v) is 3.04. The van der Waals surface area contributed by atoms with Crippen LogP contribution in [0.5, 0.6) is 0 Å². The number of carbonyl (C=O) groups excluding carboxylic acids is 1. The van der Waals surface area contributed by atoms with Gasteiger partial charge in [-0.05, 0) is 31.0 Å². The van der Waals surface area contributed by atoms with Gasteiger partial charge in [0.25, 0.3) is 0 Å². The molecule has 0 aromatic heterocycles. The number of hydrogen-bond donors (Lipinski definition) is 2. The Kier molecular flexibility index (Phi) is 8.43. The second-order valence-electron chi connectivity index (χ2n) is 3.15. The summed E-state index contributed by atoms with van der Waals surface area (Å²) in [5, 5.41) is 6.26. The van der Waals surface area contributed by atoms with Crippen molar-refractivity contribution in [3.63, 3.8) is 0 Å². The standard InChI is InChI=1S/C11H15ClN2OS.ClH/c1-3-16-10-5-4-8(12)6-9(10)14-11(15)7-13-2;/h4-6,13H,3,7H2,1-2H3,(H,14,15);1H. The molecule has 0 heterocycles. The topological polar surface area (TPSA) is 41.1 Å². The summed E-state index contributed by atoms with van der Waals surface area (Å²) in [6, 6.07) is 5.52. The van der Waals surface area contributed by atoms with E-state index in [4.69, 9.17) is 11.6 Å². The van der Waals surface area contributed by atoms with Gasteiger partial charge in [0.1, 0.15) is 0 Å². The van der Waals surface area contributed by atoms with Crippen LogP contribution in [0.2, 0.25) is 5.02 Å². The number of thioether (sulfide) groups is 1. The highest BCUT2D eigenvalue weighted by Gasteiger charge is 2.06. The molecule has 0 saturated heterocycles. The third-order valence-electron chi connectivity index (χ3n) is 1.85. The van der Waals surface area contributed by atoms with E-state index < -0.39 is 0 Å². The van der Waals surface area contributed by atoms with Crippen molar-refractivity contribution < 1.29 is 4.79 Å². The molecule has 0 aliphatic heterocycles. The molecule has 0 aliphatic rings. The lowest BCUT2D eigenvalue weighted by Crippen LogP contribution is -2.25. The highest BCUT2D eigenvalue weighted by molar-refractivity contribution is 7.99. The Labute approximate surface area is 117 Å². The summed E-state index contributed by atoms with van der Waals surface area (Å²) in [7, 11) is 1.74. The summed E-state index contributed by atoms with van der Waals surface area (Å²) >= 11 is 7.58. The molecule has 1 rings (SSSR count). The molecule has 0 aliphatic carbocycles. The van der Waals surface area contributed by atoms with Gasteiger partial charge in [-0.15, -0.1) is 24.2 Å². The lowest BCUT2D eigenvalue weighted by atomic mass is 10.3. The number of benzene rings is 1. The van der Waals surface area contributed by atoms with Gasteiger partial charge in [0, 0.05) is 9.92 Å². The molecule has 0 bridgehead atoms. The zero-order chi connectivity index (χ0) is 12.0. The summed E-state index contributed by atoms with van der Waals surface area (Å²) in [5.74, 6) is 0.888. The van der Waals surface area contributed by atoms with Crippen LogP contribution in [0.3, 0.4) is 0 Å². The number of halogens is 2. The van der Waals surface area contributed by atoms with Crippen LogP contribution in [0.1, 0.15) is 6.92 Å². The molecule has 1 aromatic rings. The van der Waals surface area contributed by atoms with Crippen LogP contribution in [0, 0.1) is 0 Å². The van der Waals surface area contributed by atoms with Gasteiger partial charge in [-0.2, -0.15) is 0 Å². The minimum atomic E-state index is -0.0669. The molecule has 0 unspecified atom stereocenters. The smallest absolute Gasteiger partial charge is 0.238 e. The number of rotatable bonds is 5. The predicted molar refractivity (Wildman–Crippen MR) is 77.7 cm³/mol. The second-order valence-corrected chi connectivity index (χ2v) is 4.89. The Morgan fingerprint density at radius 3 is 2.76 bits per heavy atom. The van der Waals surface area contributed by atoms with Crippen LogP contribution < -0.4 is 10.6 Å². The van der Waals surface area contributed by atoms with Crippen molar-refractivity contribution in [1.29, 1.82) is 0 Å². The zero-order valence-corrected chi connectivity index (χ0v) is 12.1. The predicted octanol–water partition coefficient (Wildman–Crippen LogP) is 3.03. The Balaban J connectivity index is 0.00000256. The number of hydrogen-bond acceptors (Lipinski definition) is 3. The van der Waals surface area contributed by atoms with E-state index in [9.17, 15) is 4.79 Å². The van der Waals surface area contributed by atoms with Gasteiger partial charge in [-0.3, -0.25) is 4.79 Å². The van der Waals surface area contributed by atoms with E-state index in [1.54, 1.807) is 24.9 Å². The Morgan fingerprint density at radius 1 is 1.47 bits per heavy atom. The van der Waals surface area contributed by atoms with E-state index in [-0.39, 0.29) is 18.3 Å². The van der Waals surface area contributed by atoms with Crippen LogP contribution in [0.25, 0.3) is 0 Å². The fourth-order valence-corrected chi connectivity index (χ4v) is 2.15. The monoisotopic (exact) mass is 294 g/mol. The highest BCUT2D eigenvalue weighted by atomic mass is 35.5. The Bertz CT molecular complexity index is 374. The van der Waals surface area contributed by atoms with Gasteiger partial charge >= 0.3 is 0 Å². The van der Waals surface area contributed by atoms with E-state index >= 15 is 0 Å². The van der Waals surface area contributed by atoms with Crippen molar-refractivity contribution >= 4 is 47.4 Å². The largest absolute Gasteiger partial charge is 0.324 e. The fourth-order valence-electron chi connectivity index (χ4n) is 1.24. The fraction of sp³-hybridized carbons (Fsp3) is 0.364. The minimum absolute atomic E-state index is 0. The molecule has 96 valence electrons. The number of carbonyl (C=O) groups is 1. The van der Waals surface area contributed by atoms with E-state index in [1.165, 1.54) is 0 Å². The molecule has 0 spiro atoms. The van der Waals surface area contributed by atoms with Gasteiger partial charge in [-0.1, -0.05) is 18.5 Å². The average molecular weight is 295 g/mol. The number of nitrogens with one attached hydrogen (secondary N) is 2. The molecule has 2 N–H and O–H groups in total. The highest BCUT2D eigenvalue weighted by Crippen LogP contribution is 2.29. The SMILES string of the molecule is CCSc1ccc(Cl)cc1NC(=O)CNC.Cl. The Morgan fingerprint density at radius 2 is 2.18 bits per heavy atom. The van der Waals surface area contributed by atoms with Crippen LogP contribution >= 0.6 is 35.8 Å². The van der Waals surface area contributed by atoms with E-state index in [1.807, 2.05) is 12.1 Å². The van der Waals surface area contributed by atoms with E-state index in [0.717, 1.165) is 16.3 Å². The molecule has 1 amide bonds. The maximum absolute atomic E-state index is 11.5. The van der Waals surface area contributed by atoms with Crippen molar-refractivity contribution in [2.24, 2.45) is 0 Å². The molecule has 3 nitrogen and oxygen atoms in total. The Hall–Kier alpha value is -0.420. The normalized spacial score (nSPS) is 9.59. The lowest BCUT2D eigenvalue weighted by Gasteiger charge is -2.10. The lowest BCUT2D eigenvalue weighted by molar-refractivity contribution is -0.115. The van der Waals surface area contributed by atoms with Crippen molar-refractivity contribution in [2.45, 2.75) is 11.8 Å². The summed E-state index contributed by atoms with van der Waals surface area (Å²) in [5.41, 5.74) is 0.777. The van der Waals surface area contributed by atoms with Gasteiger partial charge in [0.2, 0.25) is 5.91 Å². The summed E-state index contributed by atoms with van der Waals surface area (Å²) in [6.07, 6.45) is 0. The molecule has 6 heteroatoms. The van der Waals surface area contributed by atoms with Gasteiger partial charge in [0.05, 0.1) is 12.2 Å². The maximum Gasteiger partial charge on any atom is 0.238 e. The van der Waals surface area contributed by atoms with Crippen LogP contribution in [0.4, 0.5) is 5.69 Å². The first-order chi connectivity index (χ1) is 7.67. The molecular formula is C11H16Cl2N2OS. The van der Waals surface area contributed by atoms with Gasteiger partial charge in [-0.25, -0.2) is 0 Å². The summed E-state index contributed by atoms with van der Waals surface area (Å²) in [4.78, 5) is 12.5. The molecular weight excluding hydrogens is 279 g/mol. The van der Waals surface area contributed by atoms with Crippen molar-refractivity contribution in [2.75, 3.05) is 24.7 Å². The van der Waals surface area contributed by atoms with Crippen LogP contribution in [0.15, 0.2) is 23.1 Å². The van der Waals surface area contributed by atoms with E-state index in [0.29, 0.717) is 11.6 Å². The number of likely N-dealkylation sites (N-methyl/N-ethyl adjacent to an activating group) is 1.